The van der Waals surface area contributed by atoms with Crippen LogP contribution in [0.2, 0.25) is 5.02 Å². The minimum Gasteiger partial charge on any atom is -0.244 e. The molecule has 0 aliphatic heterocycles. The molecule has 0 bridgehead atoms. The number of para-hydroxylation sites is 1. The van der Waals surface area contributed by atoms with E-state index in [-0.39, 0.29) is 0 Å². The molecule has 0 saturated heterocycles. The highest BCUT2D eigenvalue weighted by atomic mass is 35.5. The maximum Gasteiger partial charge on any atom is 0.178 e. The van der Waals surface area contributed by atoms with Crippen molar-refractivity contribution in [3.63, 3.8) is 0 Å². The molecule has 5 aromatic rings. The Labute approximate surface area is 180 Å². The highest BCUT2D eigenvalue weighted by Crippen LogP contribution is 2.30. The Morgan fingerprint density at radius 1 is 0.700 bits per heavy atom. The standard InChI is InChI=1S/C26H18ClN3/c1-17-9-10-19(18-11-13-21(27)14-12-18)15-22(17)24-7-4-8-25(29-24)26-28-16-20-5-2-3-6-23(20)30-26/h2-16H,1H3. The Hall–Kier alpha value is -3.56. The van der Waals surface area contributed by atoms with E-state index in [1.54, 1.807) is 0 Å². The van der Waals surface area contributed by atoms with Gasteiger partial charge in [-0.05, 0) is 60.0 Å². The molecule has 0 spiro atoms. The van der Waals surface area contributed by atoms with Crippen molar-refractivity contribution in [1.29, 1.82) is 0 Å². The highest BCUT2D eigenvalue weighted by Gasteiger charge is 2.10. The molecular formula is C26H18ClN3. The van der Waals surface area contributed by atoms with Crippen LogP contribution in [0.5, 0.6) is 0 Å². The molecule has 144 valence electrons. The second-order valence-electron chi connectivity index (χ2n) is 7.20. The van der Waals surface area contributed by atoms with Gasteiger partial charge in [-0.2, -0.15) is 0 Å². The average Bonchev–Trinajstić information content (AvgIpc) is 2.80. The Balaban J connectivity index is 1.57. The smallest absolute Gasteiger partial charge is 0.178 e. The summed E-state index contributed by atoms with van der Waals surface area (Å²) in [5.74, 6) is 0.627. The highest BCUT2D eigenvalue weighted by molar-refractivity contribution is 6.30. The average molecular weight is 408 g/mol. The van der Waals surface area contributed by atoms with E-state index in [0.29, 0.717) is 5.82 Å². The van der Waals surface area contributed by atoms with Crippen molar-refractivity contribution < 1.29 is 0 Å². The summed E-state index contributed by atoms with van der Waals surface area (Å²) in [6.45, 7) is 2.10. The molecule has 30 heavy (non-hydrogen) atoms. The molecule has 0 aliphatic carbocycles. The lowest BCUT2D eigenvalue weighted by atomic mass is 9.97. The predicted octanol–water partition coefficient (Wildman–Crippen LogP) is 6.99. The van der Waals surface area contributed by atoms with Gasteiger partial charge in [0.25, 0.3) is 0 Å². The Kier molecular flexibility index (Phi) is 4.74. The van der Waals surface area contributed by atoms with Crippen molar-refractivity contribution in [2.24, 2.45) is 0 Å². The van der Waals surface area contributed by atoms with Crippen molar-refractivity contribution in [2.75, 3.05) is 0 Å². The number of halogens is 1. The second kappa shape index (κ2) is 7.69. The van der Waals surface area contributed by atoms with E-state index in [0.717, 1.165) is 49.6 Å². The Morgan fingerprint density at radius 3 is 2.33 bits per heavy atom. The summed E-state index contributed by atoms with van der Waals surface area (Å²) in [6.07, 6.45) is 1.85. The summed E-state index contributed by atoms with van der Waals surface area (Å²) in [6, 6.07) is 28.2. The van der Waals surface area contributed by atoms with E-state index < -0.39 is 0 Å². The van der Waals surface area contributed by atoms with Crippen LogP contribution >= 0.6 is 11.6 Å². The zero-order valence-corrected chi connectivity index (χ0v) is 17.1. The molecule has 0 fully saturated rings. The van der Waals surface area contributed by atoms with Crippen molar-refractivity contribution in [3.05, 3.63) is 102 Å². The fourth-order valence-electron chi connectivity index (χ4n) is 3.52. The Morgan fingerprint density at radius 2 is 1.47 bits per heavy atom. The predicted molar refractivity (Wildman–Crippen MR) is 123 cm³/mol. The molecule has 0 amide bonds. The number of aromatic nitrogens is 3. The molecular weight excluding hydrogens is 390 g/mol. The zero-order chi connectivity index (χ0) is 20.5. The van der Waals surface area contributed by atoms with Gasteiger partial charge < -0.3 is 0 Å². The fourth-order valence-corrected chi connectivity index (χ4v) is 3.65. The number of pyridine rings is 1. The molecule has 0 saturated carbocycles. The largest absolute Gasteiger partial charge is 0.244 e. The first-order chi connectivity index (χ1) is 14.7. The minimum absolute atomic E-state index is 0.627. The third-order valence-corrected chi connectivity index (χ3v) is 5.41. The molecule has 3 nitrogen and oxygen atoms in total. The second-order valence-corrected chi connectivity index (χ2v) is 7.63. The normalized spacial score (nSPS) is 11.0. The minimum atomic E-state index is 0.627. The van der Waals surface area contributed by atoms with Crippen molar-refractivity contribution in [1.82, 2.24) is 15.0 Å². The maximum absolute atomic E-state index is 6.04. The van der Waals surface area contributed by atoms with Gasteiger partial charge in [0.15, 0.2) is 5.82 Å². The molecule has 0 aliphatic rings. The van der Waals surface area contributed by atoms with E-state index in [4.69, 9.17) is 16.6 Å². The summed E-state index contributed by atoms with van der Waals surface area (Å²) in [5.41, 5.74) is 7.07. The molecule has 5 rings (SSSR count). The molecule has 0 atom stereocenters. The zero-order valence-electron chi connectivity index (χ0n) is 16.4. The summed E-state index contributed by atoms with van der Waals surface area (Å²) in [4.78, 5) is 14.1. The molecule has 2 heterocycles. The molecule has 0 N–H and O–H groups in total. The number of fused-ring (bicyclic) bond motifs is 1. The summed E-state index contributed by atoms with van der Waals surface area (Å²) in [5, 5.41) is 1.75. The lowest BCUT2D eigenvalue weighted by molar-refractivity contribution is 1.18. The quantitative estimate of drug-likeness (QED) is 0.323. The van der Waals surface area contributed by atoms with E-state index in [9.17, 15) is 0 Å². The molecule has 0 unspecified atom stereocenters. The topological polar surface area (TPSA) is 38.7 Å². The van der Waals surface area contributed by atoms with Crippen molar-refractivity contribution >= 4 is 22.5 Å². The number of hydrogen-bond donors (Lipinski definition) is 0. The van der Waals surface area contributed by atoms with Gasteiger partial charge >= 0.3 is 0 Å². The van der Waals surface area contributed by atoms with E-state index in [2.05, 4.69) is 35.1 Å². The fraction of sp³-hybridized carbons (Fsp3) is 0.0385. The number of aryl methyl sites for hydroxylation is 1. The lowest BCUT2D eigenvalue weighted by Crippen LogP contribution is -1.95. The van der Waals surface area contributed by atoms with Gasteiger partial charge in [-0.25, -0.2) is 15.0 Å². The number of benzene rings is 3. The molecule has 0 radical (unpaired) electrons. The summed E-state index contributed by atoms with van der Waals surface area (Å²) < 4.78 is 0. The van der Waals surface area contributed by atoms with Crippen LogP contribution in [0.3, 0.4) is 0 Å². The first-order valence-corrected chi connectivity index (χ1v) is 10.1. The number of hydrogen-bond acceptors (Lipinski definition) is 3. The van der Waals surface area contributed by atoms with Crippen LogP contribution < -0.4 is 0 Å². The van der Waals surface area contributed by atoms with Crippen LogP contribution in [0.25, 0.3) is 44.8 Å². The van der Waals surface area contributed by atoms with Gasteiger partial charge in [0.1, 0.15) is 5.69 Å². The van der Waals surface area contributed by atoms with Crippen molar-refractivity contribution in [3.8, 4) is 33.9 Å². The van der Waals surface area contributed by atoms with Gasteiger partial charge in [-0.3, -0.25) is 0 Å². The first-order valence-electron chi connectivity index (χ1n) is 9.73. The van der Waals surface area contributed by atoms with Crippen molar-refractivity contribution in [2.45, 2.75) is 6.92 Å². The first kappa shape index (κ1) is 18.5. The summed E-state index contributed by atoms with van der Waals surface area (Å²) >= 11 is 6.04. The lowest BCUT2D eigenvalue weighted by Gasteiger charge is -2.10. The molecule has 3 aromatic carbocycles. The van der Waals surface area contributed by atoms with Gasteiger partial charge in [0.05, 0.1) is 11.2 Å². The molecule has 2 aromatic heterocycles. The van der Waals surface area contributed by atoms with Crippen LogP contribution in [-0.4, -0.2) is 15.0 Å². The van der Waals surface area contributed by atoms with E-state index in [1.165, 1.54) is 0 Å². The molecule has 4 heteroatoms. The van der Waals surface area contributed by atoms with Crippen LogP contribution in [-0.2, 0) is 0 Å². The monoisotopic (exact) mass is 407 g/mol. The van der Waals surface area contributed by atoms with Gasteiger partial charge in [-0.15, -0.1) is 0 Å². The number of nitrogens with zero attached hydrogens (tertiary/aromatic N) is 3. The van der Waals surface area contributed by atoms with Crippen LogP contribution in [0.15, 0.2) is 91.1 Å². The van der Waals surface area contributed by atoms with Crippen LogP contribution in [0, 0.1) is 6.92 Å². The van der Waals surface area contributed by atoms with Crippen LogP contribution in [0.1, 0.15) is 5.56 Å². The number of rotatable bonds is 3. The van der Waals surface area contributed by atoms with Gasteiger partial charge in [0.2, 0.25) is 0 Å². The van der Waals surface area contributed by atoms with E-state index >= 15 is 0 Å². The van der Waals surface area contributed by atoms with Crippen LogP contribution in [0.4, 0.5) is 0 Å². The van der Waals surface area contributed by atoms with E-state index in [1.807, 2.05) is 72.9 Å². The Bertz CT molecular complexity index is 1360. The summed E-state index contributed by atoms with van der Waals surface area (Å²) in [7, 11) is 0. The third-order valence-electron chi connectivity index (χ3n) is 5.16. The van der Waals surface area contributed by atoms with Gasteiger partial charge in [-0.1, -0.05) is 60.1 Å². The van der Waals surface area contributed by atoms with Gasteiger partial charge in [0, 0.05) is 22.2 Å². The SMILES string of the molecule is Cc1ccc(-c2ccc(Cl)cc2)cc1-c1cccc(-c2ncc3ccccc3n2)n1. The third kappa shape index (κ3) is 3.56. The maximum atomic E-state index is 6.04.